The Labute approximate surface area is 148 Å². The van der Waals surface area contributed by atoms with Gasteiger partial charge in [-0.3, -0.25) is 9.97 Å². The standard InChI is InChI=1S/C19H15F3N4/c1-12(14-2-4-16(20)5-3-14)26-19-11-24-17(10-25-19)15-6-13(7-18(21)22)8-23-9-15/h2-12H,1H3,(H,25,26). The average Bonchev–Trinajstić information content (AvgIpc) is 2.62. The fraction of sp³-hybridized carbons (Fsp3) is 0.105. The normalized spacial score (nSPS) is 11.7. The van der Waals surface area contributed by atoms with Gasteiger partial charge >= 0.3 is 0 Å². The fourth-order valence-electron chi connectivity index (χ4n) is 2.41. The first-order valence-corrected chi connectivity index (χ1v) is 7.83. The third-order valence-corrected chi connectivity index (χ3v) is 3.72. The third-order valence-electron chi connectivity index (χ3n) is 3.72. The number of nitrogens with one attached hydrogen (secondary N) is 1. The van der Waals surface area contributed by atoms with Crippen molar-refractivity contribution in [3.8, 4) is 11.3 Å². The van der Waals surface area contributed by atoms with Crippen LogP contribution in [0.15, 0.2) is 61.2 Å². The molecule has 26 heavy (non-hydrogen) atoms. The largest absolute Gasteiger partial charge is 0.362 e. The van der Waals surface area contributed by atoms with Crippen molar-refractivity contribution in [2.45, 2.75) is 13.0 Å². The molecule has 1 aromatic carbocycles. The SMILES string of the molecule is CC(Nc1cnc(-c2cncc(C=C(F)F)c2)cn1)c1ccc(F)cc1. The van der Waals surface area contributed by atoms with Crippen LogP contribution >= 0.6 is 0 Å². The molecule has 0 radical (unpaired) electrons. The maximum atomic E-state index is 13.0. The van der Waals surface area contributed by atoms with Gasteiger partial charge in [-0.25, -0.2) is 9.37 Å². The van der Waals surface area contributed by atoms with E-state index >= 15 is 0 Å². The Balaban J connectivity index is 1.74. The average molecular weight is 356 g/mol. The molecule has 2 heterocycles. The second-order valence-electron chi connectivity index (χ2n) is 5.65. The number of nitrogens with zero attached hydrogens (tertiary/aromatic N) is 3. The molecule has 3 rings (SSSR count). The molecule has 0 aliphatic heterocycles. The fourth-order valence-corrected chi connectivity index (χ4v) is 2.41. The van der Waals surface area contributed by atoms with Crippen molar-refractivity contribution >= 4 is 11.9 Å². The number of rotatable bonds is 5. The van der Waals surface area contributed by atoms with Gasteiger partial charge in [-0.2, -0.15) is 8.78 Å². The summed E-state index contributed by atoms with van der Waals surface area (Å²) in [5.74, 6) is 0.257. The maximum Gasteiger partial charge on any atom is 0.270 e. The summed E-state index contributed by atoms with van der Waals surface area (Å²) in [5, 5.41) is 3.17. The molecule has 2 aromatic heterocycles. The van der Waals surface area contributed by atoms with Crippen LogP contribution in [0.2, 0.25) is 0 Å². The highest BCUT2D eigenvalue weighted by molar-refractivity contribution is 5.63. The number of anilines is 1. The Morgan fingerprint density at radius 1 is 1.04 bits per heavy atom. The molecular weight excluding hydrogens is 341 g/mol. The smallest absolute Gasteiger partial charge is 0.270 e. The quantitative estimate of drug-likeness (QED) is 0.692. The number of benzene rings is 1. The second-order valence-corrected chi connectivity index (χ2v) is 5.65. The van der Waals surface area contributed by atoms with Gasteiger partial charge in [0, 0.05) is 30.1 Å². The molecule has 3 aromatic rings. The molecule has 0 aliphatic rings. The molecule has 7 heteroatoms. The Bertz CT molecular complexity index is 905. The van der Waals surface area contributed by atoms with E-state index in [1.54, 1.807) is 24.4 Å². The van der Waals surface area contributed by atoms with E-state index in [9.17, 15) is 13.2 Å². The Morgan fingerprint density at radius 3 is 2.46 bits per heavy atom. The van der Waals surface area contributed by atoms with Gasteiger partial charge in [0.05, 0.1) is 18.1 Å². The van der Waals surface area contributed by atoms with Crippen LogP contribution in [0.1, 0.15) is 24.1 Å². The molecule has 0 saturated carbocycles. The van der Waals surface area contributed by atoms with Crippen molar-refractivity contribution in [1.29, 1.82) is 0 Å². The lowest BCUT2D eigenvalue weighted by Crippen LogP contribution is -2.08. The van der Waals surface area contributed by atoms with E-state index in [1.807, 2.05) is 6.92 Å². The Hall–Kier alpha value is -3.22. The molecule has 0 saturated heterocycles. The first kappa shape index (κ1) is 17.6. The lowest BCUT2D eigenvalue weighted by atomic mass is 10.1. The van der Waals surface area contributed by atoms with Crippen molar-refractivity contribution in [2.75, 3.05) is 5.32 Å². The third kappa shape index (κ3) is 4.44. The van der Waals surface area contributed by atoms with Crippen LogP contribution in [0.25, 0.3) is 17.3 Å². The van der Waals surface area contributed by atoms with Crippen molar-refractivity contribution in [3.63, 3.8) is 0 Å². The van der Waals surface area contributed by atoms with E-state index in [1.165, 1.54) is 30.7 Å². The van der Waals surface area contributed by atoms with Gasteiger partial charge in [0.2, 0.25) is 0 Å². The molecule has 0 amide bonds. The van der Waals surface area contributed by atoms with Gasteiger partial charge in [-0.05, 0) is 36.2 Å². The minimum Gasteiger partial charge on any atom is -0.362 e. The maximum absolute atomic E-state index is 13.0. The highest BCUT2D eigenvalue weighted by Gasteiger charge is 2.08. The Morgan fingerprint density at radius 2 is 1.81 bits per heavy atom. The van der Waals surface area contributed by atoms with Crippen molar-refractivity contribution in [3.05, 3.63) is 78.1 Å². The van der Waals surface area contributed by atoms with Crippen LogP contribution in [0.4, 0.5) is 19.0 Å². The van der Waals surface area contributed by atoms with Crippen LogP contribution < -0.4 is 5.32 Å². The number of pyridine rings is 1. The van der Waals surface area contributed by atoms with Gasteiger partial charge < -0.3 is 5.32 Å². The van der Waals surface area contributed by atoms with E-state index in [0.717, 1.165) is 11.6 Å². The zero-order valence-corrected chi connectivity index (χ0v) is 13.8. The molecule has 132 valence electrons. The monoisotopic (exact) mass is 356 g/mol. The van der Waals surface area contributed by atoms with Gasteiger partial charge in [0.25, 0.3) is 6.08 Å². The molecule has 0 aliphatic carbocycles. The van der Waals surface area contributed by atoms with Crippen molar-refractivity contribution in [1.82, 2.24) is 15.0 Å². The highest BCUT2D eigenvalue weighted by atomic mass is 19.3. The minimum atomic E-state index is -1.79. The molecule has 0 bridgehead atoms. The first-order valence-electron chi connectivity index (χ1n) is 7.83. The number of hydrogen-bond donors (Lipinski definition) is 1. The zero-order valence-electron chi connectivity index (χ0n) is 13.8. The van der Waals surface area contributed by atoms with E-state index in [4.69, 9.17) is 0 Å². The second kappa shape index (κ2) is 7.77. The van der Waals surface area contributed by atoms with Crippen LogP contribution in [0, 0.1) is 5.82 Å². The topological polar surface area (TPSA) is 50.7 Å². The van der Waals surface area contributed by atoms with E-state index in [-0.39, 0.29) is 17.4 Å². The molecule has 4 nitrogen and oxygen atoms in total. The zero-order chi connectivity index (χ0) is 18.5. The summed E-state index contributed by atoms with van der Waals surface area (Å²) in [6, 6.07) is 7.67. The molecule has 0 fully saturated rings. The van der Waals surface area contributed by atoms with E-state index in [0.29, 0.717) is 17.1 Å². The molecule has 0 spiro atoms. The van der Waals surface area contributed by atoms with Crippen LogP contribution in [-0.2, 0) is 0 Å². The summed E-state index contributed by atoms with van der Waals surface area (Å²) in [6.07, 6.45) is 4.92. The predicted molar refractivity (Wildman–Crippen MR) is 93.9 cm³/mol. The van der Waals surface area contributed by atoms with Crippen LogP contribution in [-0.4, -0.2) is 15.0 Å². The van der Waals surface area contributed by atoms with Gasteiger partial charge in [0.1, 0.15) is 11.6 Å². The van der Waals surface area contributed by atoms with Crippen LogP contribution in [0.5, 0.6) is 0 Å². The van der Waals surface area contributed by atoms with Gasteiger partial charge in [0.15, 0.2) is 0 Å². The molecule has 1 atom stereocenters. The summed E-state index contributed by atoms with van der Waals surface area (Å²) >= 11 is 0. The van der Waals surface area contributed by atoms with E-state index in [2.05, 4.69) is 20.3 Å². The molecular formula is C19H15F3N4. The number of aromatic nitrogens is 3. The molecule has 1 unspecified atom stereocenters. The number of halogens is 3. The lowest BCUT2D eigenvalue weighted by molar-refractivity contribution is 0.429. The summed E-state index contributed by atoms with van der Waals surface area (Å²) in [6.45, 7) is 1.92. The van der Waals surface area contributed by atoms with Gasteiger partial charge in [-0.15, -0.1) is 0 Å². The summed E-state index contributed by atoms with van der Waals surface area (Å²) < 4.78 is 37.7. The first-order chi connectivity index (χ1) is 12.5. The summed E-state index contributed by atoms with van der Waals surface area (Å²) in [7, 11) is 0. The summed E-state index contributed by atoms with van der Waals surface area (Å²) in [5.41, 5.74) is 2.31. The van der Waals surface area contributed by atoms with E-state index < -0.39 is 6.08 Å². The van der Waals surface area contributed by atoms with Crippen LogP contribution in [0.3, 0.4) is 0 Å². The lowest BCUT2D eigenvalue weighted by Gasteiger charge is -2.14. The molecule has 1 N–H and O–H groups in total. The summed E-state index contributed by atoms with van der Waals surface area (Å²) in [4.78, 5) is 12.5. The van der Waals surface area contributed by atoms with Crippen molar-refractivity contribution in [2.24, 2.45) is 0 Å². The number of hydrogen-bond acceptors (Lipinski definition) is 4. The predicted octanol–water partition coefficient (Wildman–Crippen LogP) is 5.09. The minimum absolute atomic E-state index is 0.0848. The van der Waals surface area contributed by atoms with Crippen molar-refractivity contribution < 1.29 is 13.2 Å². The van der Waals surface area contributed by atoms with Gasteiger partial charge in [-0.1, -0.05) is 12.1 Å². The Kier molecular flexibility index (Phi) is 5.26. The highest BCUT2D eigenvalue weighted by Crippen LogP contribution is 2.21.